The minimum Gasteiger partial charge on any atom is -0.493 e. The van der Waals surface area contributed by atoms with E-state index in [9.17, 15) is 9.59 Å². The Balaban J connectivity index is 2.90. The van der Waals surface area contributed by atoms with Crippen molar-refractivity contribution in [1.29, 1.82) is 0 Å². The lowest BCUT2D eigenvalue weighted by Crippen LogP contribution is -2.04. The Morgan fingerprint density at radius 3 is 2.85 bits per heavy atom. The van der Waals surface area contributed by atoms with Crippen molar-refractivity contribution >= 4 is 11.8 Å². The average Bonchev–Trinajstić information content (AvgIpc) is 2.26. The lowest BCUT2D eigenvalue weighted by Gasteiger charge is -1.98. The molecule has 0 bridgehead atoms. The molecule has 4 heteroatoms. The molecule has 70 valence electrons. The fourth-order valence-electron chi connectivity index (χ4n) is 1.11. The highest BCUT2D eigenvalue weighted by molar-refractivity contribution is 6.07. The van der Waals surface area contributed by atoms with Crippen molar-refractivity contribution in [2.75, 3.05) is 7.11 Å². The Labute approximate surface area is 75.5 Å². The molecule has 1 rings (SSSR count). The van der Waals surface area contributed by atoms with Gasteiger partial charge in [-0.3, -0.25) is 4.79 Å². The Morgan fingerprint density at radius 1 is 1.62 bits per heavy atom. The fraction of sp³-hybridized carbons (Fsp3) is 0.333. The number of ketones is 1. The number of aliphatic carboxylic acids is 1. The fourth-order valence-corrected chi connectivity index (χ4v) is 1.11. The van der Waals surface area contributed by atoms with Gasteiger partial charge in [-0.25, -0.2) is 4.79 Å². The summed E-state index contributed by atoms with van der Waals surface area (Å²) in [5, 5.41) is 8.66. The van der Waals surface area contributed by atoms with Gasteiger partial charge >= 0.3 is 5.97 Å². The molecule has 0 aromatic rings. The van der Waals surface area contributed by atoms with Crippen LogP contribution < -0.4 is 0 Å². The molecule has 0 aliphatic heterocycles. The van der Waals surface area contributed by atoms with E-state index in [1.165, 1.54) is 7.11 Å². The molecule has 0 saturated carbocycles. The van der Waals surface area contributed by atoms with Gasteiger partial charge in [0, 0.05) is 5.57 Å². The summed E-state index contributed by atoms with van der Waals surface area (Å²) in [5.41, 5.74) is 0.133. The summed E-state index contributed by atoms with van der Waals surface area (Å²) < 4.78 is 4.79. The van der Waals surface area contributed by atoms with Gasteiger partial charge < -0.3 is 9.84 Å². The molecule has 0 aromatic carbocycles. The molecule has 0 fully saturated rings. The lowest BCUT2D eigenvalue weighted by molar-refractivity contribution is -0.133. The average molecular weight is 182 g/mol. The van der Waals surface area contributed by atoms with Crippen LogP contribution in [-0.4, -0.2) is 24.0 Å². The smallest absolute Gasteiger partial charge is 0.331 e. The molecular formula is C9H10O4. The molecule has 1 N–H and O–H groups in total. The van der Waals surface area contributed by atoms with Crippen LogP contribution in [0, 0.1) is 0 Å². The zero-order valence-corrected chi connectivity index (χ0v) is 7.24. The number of allylic oxidation sites excluding steroid dienone is 2. The highest BCUT2D eigenvalue weighted by Crippen LogP contribution is 2.15. The van der Waals surface area contributed by atoms with Crippen LogP contribution in [0.5, 0.6) is 0 Å². The Hall–Kier alpha value is -1.58. The largest absolute Gasteiger partial charge is 0.493 e. The quantitative estimate of drug-likeness (QED) is 0.688. The van der Waals surface area contributed by atoms with Gasteiger partial charge in [0.1, 0.15) is 0 Å². The van der Waals surface area contributed by atoms with Crippen LogP contribution >= 0.6 is 0 Å². The summed E-state index contributed by atoms with van der Waals surface area (Å²) in [4.78, 5) is 21.8. The molecule has 13 heavy (non-hydrogen) atoms. The third-order valence-corrected chi connectivity index (χ3v) is 1.79. The van der Waals surface area contributed by atoms with Crippen LogP contribution in [0.2, 0.25) is 0 Å². The van der Waals surface area contributed by atoms with Crippen molar-refractivity contribution < 1.29 is 19.4 Å². The van der Waals surface area contributed by atoms with Gasteiger partial charge in [-0.2, -0.15) is 0 Å². The van der Waals surface area contributed by atoms with E-state index < -0.39 is 5.97 Å². The number of rotatable bonds is 2. The molecule has 0 atom stereocenters. The van der Waals surface area contributed by atoms with Crippen LogP contribution in [0.4, 0.5) is 0 Å². The normalized spacial score (nSPS) is 17.2. The summed E-state index contributed by atoms with van der Waals surface area (Å²) in [6, 6.07) is 0. The van der Waals surface area contributed by atoms with E-state index in [1.54, 1.807) is 6.08 Å². The van der Waals surface area contributed by atoms with Crippen LogP contribution in [0.3, 0.4) is 0 Å². The first-order chi connectivity index (χ1) is 6.15. The second-order valence-corrected chi connectivity index (χ2v) is 2.65. The van der Waals surface area contributed by atoms with Crippen LogP contribution in [0.15, 0.2) is 23.5 Å². The molecule has 0 spiro atoms. The summed E-state index contributed by atoms with van der Waals surface area (Å²) in [6.45, 7) is 0. The molecule has 0 saturated heterocycles. The van der Waals surface area contributed by atoms with Gasteiger partial charge in [-0.1, -0.05) is 0 Å². The van der Waals surface area contributed by atoms with Gasteiger partial charge in [-0.15, -0.1) is 0 Å². The molecule has 1 aliphatic carbocycles. The van der Waals surface area contributed by atoms with Crippen molar-refractivity contribution in [1.82, 2.24) is 0 Å². The predicted molar refractivity (Wildman–Crippen MR) is 45.1 cm³/mol. The molecule has 4 nitrogen and oxygen atoms in total. The first-order valence-electron chi connectivity index (χ1n) is 3.87. The van der Waals surface area contributed by atoms with E-state index in [2.05, 4.69) is 0 Å². The third kappa shape index (κ3) is 2.18. The molecule has 0 amide bonds. The number of carbonyl (C=O) groups excluding carboxylic acids is 1. The van der Waals surface area contributed by atoms with E-state index in [0.717, 1.165) is 6.08 Å². The maximum absolute atomic E-state index is 11.2. The van der Waals surface area contributed by atoms with Crippen LogP contribution in [0.1, 0.15) is 12.8 Å². The van der Waals surface area contributed by atoms with Crippen molar-refractivity contribution in [3.8, 4) is 0 Å². The number of ether oxygens (including phenoxy) is 1. The van der Waals surface area contributed by atoms with Gasteiger partial charge in [0.05, 0.1) is 7.11 Å². The minimum atomic E-state index is -1.04. The highest BCUT2D eigenvalue weighted by Gasteiger charge is 2.16. The number of methoxy groups -OCH3 is 1. The molecule has 0 heterocycles. The number of hydrogen-bond acceptors (Lipinski definition) is 3. The topological polar surface area (TPSA) is 63.6 Å². The van der Waals surface area contributed by atoms with Gasteiger partial charge in [0.15, 0.2) is 5.76 Å². The Morgan fingerprint density at radius 2 is 2.31 bits per heavy atom. The Bertz CT molecular complexity index is 299. The second kappa shape index (κ2) is 3.89. The van der Waals surface area contributed by atoms with Crippen molar-refractivity contribution in [2.24, 2.45) is 0 Å². The van der Waals surface area contributed by atoms with Crippen molar-refractivity contribution in [3.05, 3.63) is 23.5 Å². The van der Waals surface area contributed by atoms with E-state index in [-0.39, 0.29) is 17.1 Å². The van der Waals surface area contributed by atoms with E-state index in [1.807, 2.05) is 0 Å². The summed E-state index contributed by atoms with van der Waals surface area (Å²) >= 11 is 0. The second-order valence-electron chi connectivity index (χ2n) is 2.65. The van der Waals surface area contributed by atoms with Gasteiger partial charge in [0.25, 0.3) is 0 Å². The molecule has 0 radical (unpaired) electrons. The molecule has 0 aromatic heterocycles. The lowest BCUT2D eigenvalue weighted by atomic mass is 10.1. The molecular weight excluding hydrogens is 172 g/mol. The van der Waals surface area contributed by atoms with Gasteiger partial charge in [-0.05, 0) is 25.0 Å². The monoisotopic (exact) mass is 182 g/mol. The van der Waals surface area contributed by atoms with Crippen LogP contribution in [-0.2, 0) is 14.3 Å². The summed E-state index contributed by atoms with van der Waals surface area (Å²) in [6.07, 6.45) is 3.61. The summed E-state index contributed by atoms with van der Waals surface area (Å²) in [5.74, 6) is -1.20. The first kappa shape index (κ1) is 9.51. The first-order valence-corrected chi connectivity index (χ1v) is 3.87. The highest BCUT2D eigenvalue weighted by atomic mass is 16.5. The van der Waals surface area contributed by atoms with E-state index in [4.69, 9.17) is 9.84 Å². The molecule has 0 unspecified atom stereocenters. The SMILES string of the molecule is COC1=CCCC(C(=O)O)=CC1=O. The predicted octanol–water partition coefficient (Wildman–Crippen LogP) is 0.891. The number of hydrogen-bond donors (Lipinski definition) is 1. The molecule has 1 aliphatic rings. The Kier molecular flexibility index (Phi) is 2.84. The van der Waals surface area contributed by atoms with E-state index in [0.29, 0.717) is 12.8 Å². The van der Waals surface area contributed by atoms with Crippen molar-refractivity contribution in [2.45, 2.75) is 12.8 Å². The standard InChI is InChI=1S/C9H10O4/c1-13-8-4-2-3-6(9(11)12)5-7(8)10/h4-5H,2-3H2,1H3,(H,11,12). The number of carboxylic acids is 1. The van der Waals surface area contributed by atoms with Gasteiger partial charge in [0.2, 0.25) is 5.78 Å². The third-order valence-electron chi connectivity index (χ3n) is 1.79. The minimum absolute atomic E-state index is 0.133. The number of carboxylic acid groups (broad SMARTS) is 1. The maximum atomic E-state index is 11.2. The van der Waals surface area contributed by atoms with E-state index >= 15 is 0 Å². The van der Waals surface area contributed by atoms with Crippen molar-refractivity contribution in [3.63, 3.8) is 0 Å². The zero-order chi connectivity index (χ0) is 9.84. The zero-order valence-electron chi connectivity index (χ0n) is 7.24. The number of carbonyl (C=O) groups is 2. The van der Waals surface area contributed by atoms with Crippen LogP contribution in [0.25, 0.3) is 0 Å². The maximum Gasteiger partial charge on any atom is 0.331 e. The summed E-state index contributed by atoms with van der Waals surface area (Å²) in [7, 11) is 1.39.